The number of nitrogens with one attached hydrogen (secondary N) is 2. The topological polar surface area (TPSA) is 75.3 Å². The monoisotopic (exact) mass is 366 g/mol. The Morgan fingerprint density at radius 2 is 1.83 bits per heavy atom. The van der Waals surface area contributed by atoms with Gasteiger partial charge in [-0.25, -0.2) is 8.42 Å². The van der Waals surface area contributed by atoms with Gasteiger partial charge in [0.05, 0.1) is 17.1 Å². The van der Waals surface area contributed by atoms with Crippen LogP contribution in [0.4, 0.5) is 11.4 Å². The van der Waals surface area contributed by atoms with Gasteiger partial charge in [0.1, 0.15) is 0 Å². The highest BCUT2D eigenvalue weighted by Crippen LogP contribution is 2.25. The number of para-hydroxylation sites is 1. The van der Waals surface area contributed by atoms with Crippen LogP contribution in [0.5, 0.6) is 0 Å². The maximum Gasteiger partial charge on any atom is 0.243 e. The van der Waals surface area contributed by atoms with Crippen molar-refractivity contribution in [3.63, 3.8) is 0 Å². The van der Waals surface area contributed by atoms with E-state index in [9.17, 15) is 13.2 Å². The maximum absolute atomic E-state index is 12.1. The quantitative estimate of drug-likeness (QED) is 0.822. The fraction of sp³-hybridized carbons (Fsp3) is 0.235. The fourth-order valence-electron chi connectivity index (χ4n) is 2.27. The predicted octanol–water partition coefficient (Wildman–Crippen LogP) is 3.36. The van der Waals surface area contributed by atoms with E-state index >= 15 is 0 Å². The van der Waals surface area contributed by atoms with Crippen LogP contribution in [-0.2, 0) is 21.1 Å². The number of anilines is 2. The van der Waals surface area contributed by atoms with Gasteiger partial charge in [0.15, 0.2) is 9.84 Å². The van der Waals surface area contributed by atoms with E-state index in [0.29, 0.717) is 10.7 Å². The van der Waals surface area contributed by atoms with Gasteiger partial charge in [-0.3, -0.25) is 4.79 Å². The van der Waals surface area contributed by atoms with Crippen molar-refractivity contribution in [2.24, 2.45) is 0 Å². The smallest absolute Gasteiger partial charge is 0.243 e. The highest BCUT2D eigenvalue weighted by Gasteiger charge is 2.15. The number of rotatable bonds is 6. The van der Waals surface area contributed by atoms with Crippen molar-refractivity contribution in [1.82, 2.24) is 0 Å². The average molecular weight is 367 g/mol. The molecule has 2 rings (SSSR count). The van der Waals surface area contributed by atoms with Gasteiger partial charge in [-0.05, 0) is 36.2 Å². The molecule has 0 aliphatic rings. The van der Waals surface area contributed by atoms with Crippen molar-refractivity contribution in [3.05, 3.63) is 53.1 Å². The molecule has 0 spiro atoms. The third kappa shape index (κ3) is 4.72. The molecule has 128 valence electrons. The van der Waals surface area contributed by atoms with Gasteiger partial charge in [-0.2, -0.15) is 0 Å². The number of amides is 1. The summed E-state index contributed by atoms with van der Waals surface area (Å²) < 4.78 is 23.7. The summed E-state index contributed by atoms with van der Waals surface area (Å²) >= 11 is 5.85. The van der Waals surface area contributed by atoms with E-state index in [1.54, 1.807) is 12.1 Å². The minimum atomic E-state index is -3.45. The van der Waals surface area contributed by atoms with E-state index in [-0.39, 0.29) is 17.3 Å². The Kier molecular flexibility index (Phi) is 5.85. The van der Waals surface area contributed by atoms with E-state index in [0.717, 1.165) is 23.9 Å². The van der Waals surface area contributed by atoms with Gasteiger partial charge in [-0.1, -0.05) is 36.7 Å². The van der Waals surface area contributed by atoms with Gasteiger partial charge in [0.25, 0.3) is 0 Å². The first kappa shape index (κ1) is 18.3. The first-order chi connectivity index (χ1) is 11.3. The number of carbonyl (C=O) groups is 1. The maximum atomic E-state index is 12.1. The first-order valence-electron chi connectivity index (χ1n) is 7.42. The van der Waals surface area contributed by atoms with Crippen molar-refractivity contribution in [2.75, 3.05) is 23.4 Å². The molecule has 1 amide bonds. The molecule has 2 aromatic rings. The Hall–Kier alpha value is -2.05. The number of carbonyl (C=O) groups excluding carboxylic acids is 1. The van der Waals surface area contributed by atoms with Crippen LogP contribution in [0, 0.1) is 0 Å². The molecular weight excluding hydrogens is 348 g/mol. The molecule has 0 aliphatic carbocycles. The Balaban J connectivity index is 2.10. The second kappa shape index (κ2) is 7.68. The molecule has 0 bridgehead atoms. The highest BCUT2D eigenvalue weighted by atomic mass is 35.5. The van der Waals surface area contributed by atoms with Crippen LogP contribution >= 0.6 is 11.6 Å². The van der Waals surface area contributed by atoms with Gasteiger partial charge in [0, 0.05) is 17.0 Å². The lowest BCUT2D eigenvalue weighted by molar-refractivity contribution is -0.114. The first-order valence-corrected chi connectivity index (χ1v) is 9.69. The van der Waals surface area contributed by atoms with Gasteiger partial charge in [0.2, 0.25) is 5.91 Å². The van der Waals surface area contributed by atoms with Crippen LogP contribution in [0.25, 0.3) is 0 Å². The molecule has 24 heavy (non-hydrogen) atoms. The number of sulfone groups is 1. The molecule has 7 heteroatoms. The minimum Gasteiger partial charge on any atom is -0.375 e. The average Bonchev–Trinajstić information content (AvgIpc) is 2.53. The molecule has 0 unspecified atom stereocenters. The normalized spacial score (nSPS) is 11.1. The molecule has 0 aliphatic heterocycles. The third-order valence-electron chi connectivity index (χ3n) is 3.45. The Morgan fingerprint density at radius 1 is 1.12 bits per heavy atom. The Morgan fingerprint density at radius 3 is 2.50 bits per heavy atom. The van der Waals surface area contributed by atoms with E-state index in [4.69, 9.17) is 11.6 Å². The van der Waals surface area contributed by atoms with Crippen LogP contribution < -0.4 is 10.6 Å². The molecule has 0 heterocycles. The summed E-state index contributed by atoms with van der Waals surface area (Å²) in [5.41, 5.74) is 2.14. The summed E-state index contributed by atoms with van der Waals surface area (Å²) in [6.45, 7) is 1.96. The molecule has 2 N–H and O–H groups in total. The lowest BCUT2D eigenvalue weighted by Gasteiger charge is -2.13. The molecule has 0 saturated heterocycles. The molecule has 0 saturated carbocycles. The lowest BCUT2D eigenvalue weighted by atomic mass is 10.1. The summed E-state index contributed by atoms with van der Waals surface area (Å²) in [6.07, 6.45) is 1.90. The Bertz CT molecular complexity index is 851. The number of benzene rings is 2. The SMILES string of the molecule is CCc1ccccc1NC(=O)CNc1ccc(Cl)cc1S(C)(=O)=O. The standard InChI is InChI=1S/C17H19ClN2O3S/c1-3-12-6-4-5-7-14(12)20-17(21)11-19-15-9-8-13(18)10-16(15)24(2,22)23/h4-10,19H,3,11H2,1-2H3,(H,20,21). The summed E-state index contributed by atoms with van der Waals surface area (Å²) in [4.78, 5) is 12.2. The summed E-state index contributed by atoms with van der Waals surface area (Å²) in [6, 6.07) is 12.0. The van der Waals surface area contributed by atoms with Crippen LogP contribution in [0.3, 0.4) is 0 Å². The number of hydrogen-bond acceptors (Lipinski definition) is 4. The predicted molar refractivity (Wildman–Crippen MR) is 97.5 cm³/mol. The van der Waals surface area contributed by atoms with Crippen LogP contribution in [0.1, 0.15) is 12.5 Å². The third-order valence-corrected chi connectivity index (χ3v) is 4.83. The van der Waals surface area contributed by atoms with Gasteiger partial charge in [-0.15, -0.1) is 0 Å². The van der Waals surface area contributed by atoms with Crippen molar-refractivity contribution in [1.29, 1.82) is 0 Å². The van der Waals surface area contributed by atoms with Crippen molar-refractivity contribution < 1.29 is 13.2 Å². The second-order valence-electron chi connectivity index (χ2n) is 5.33. The van der Waals surface area contributed by atoms with Gasteiger partial charge >= 0.3 is 0 Å². The number of hydrogen-bond donors (Lipinski definition) is 2. The van der Waals surface area contributed by atoms with Gasteiger partial charge < -0.3 is 10.6 Å². The van der Waals surface area contributed by atoms with Crippen molar-refractivity contribution in [2.45, 2.75) is 18.2 Å². The van der Waals surface area contributed by atoms with Crippen molar-refractivity contribution in [3.8, 4) is 0 Å². The zero-order valence-corrected chi connectivity index (χ0v) is 15.0. The molecule has 2 aromatic carbocycles. The van der Waals surface area contributed by atoms with E-state index < -0.39 is 9.84 Å². The largest absolute Gasteiger partial charge is 0.375 e. The Labute approximate surface area is 147 Å². The summed E-state index contributed by atoms with van der Waals surface area (Å²) in [5, 5.41) is 6.00. The second-order valence-corrected chi connectivity index (χ2v) is 7.75. The van der Waals surface area contributed by atoms with Crippen molar-refractivity contribution >= 4 is 38.7 Å². The van der Waals surface area contributed by atoms with Crippen LogP contribution in [0.15, 0.2) is 47.4 Å². The van der Waals surface area contributed by atoms with E-state index in [1.165, 1.54) is 6.07 Å². The molecule has 0 fully saturated rings. The number of halogens is 1. The molecule has 0 aromatic heterocycles. The number of aryl methyl sites for hydroxylation is 1. The zero-order valence-electron chi connectivity index (χ0n) is 13.5. The summed E-state index contributed by atoms with van der Waals surface area (Å²) in [7, 11) is -3.45. The lowest BCUT2D eigenvalue weighted by Crippen LogP contribution is -2.23. The minimum absolute atomic E-state index is 0.0534. The van der Waals surface area contributed by atoms with Crippen LogP contribution in [0.2, 0.25) is 5.02 Å². The summed E-state index contributed by atoms with van der Waals surface area (Å²) in [5.74, 6) is -0.259. The molecule has 0 atom stereocenters. The van der Waals surface area contributed by atoms with E-state index in [2.05, 4.69) is 10.6 Å². The highest BCUT2D eigenvalue weighted by molar-refractivity contribution is 7.90. The molecule has 5 nitrogen and oxygen atoms in total. The van der Waals surface area contributed by atoms with E-state index in [1.807, 2.05) is 31.2 Å². The van der Waals surface area contributed by atoms with Crippen LogP contribution in [-0.4, -0.2) is 27.1 Å². The zero-order chi connectivity index (χ0) is 17.7. The molecule has 0 radical (unpaired) electrons. The fourth-order valence-corrected chi connectivity index (χ4v) is 3.39. The molecular formula is C17H19ClN2O3S.